The Balaban J connectivity index is 2.03. The first kappa shape index (κ1) is 16.4. The lowest BCUT2D eigenvalue weighted by molar-refractivity contribution is -0.119. The second-order valence-corrected chi connectivity index (χ2v) is 5.81. The van der Waals surface area contributed by atoms with Gasteiger partial charge in [-0.25, -0.2) is 4.39 Å². The average Bonchev–Trinajstić information content (AvgIpc) is 2.52. The highest BCUT2D eigenvalue weighted by atomic mass is 35.5. The third-order valence-corrected chi connectivity index (χ3v) is 3.88. The van der Waals surface area contributed by atoms with Gasteiger partial charge in [-0.15, -0.1) is 0 Å². The Kier molecular flexibility index (Phi) is 4.49. The number of nitrogens with one attached hydrogen (secondary N) is 1. The molecule has 1 amide bonds. The van der Waals surface area contributed by atoms with Crippen LogP contribution < -0.4 is 14.8 Å². The van der Waals surface area contributed by atoms with Crippen LogP contribution in [0.4, 0.5) is 4.39 Å². The van der Waals surface area contributed by atoms with Crippen molar-refractivity contribution in [1.82, 2.24) is 5.32 Å². The molecule has 7 heteroatoms. The van der Waals surface area contributed by atoms with Crippen molar-refractivity contribution >= 4 is 17.5 Å². The van der Waals surface area contributed by atoms with Crippen molar-refractivity contribution in [3.05, 3.63) is 41.2 Å². The van der Waals surface area contributed by atoms with E-state index in [0.29, 0.717) is 5.56 Å². The van der Waals surface area contributed by atoms with Gasteiger partial charge >= 0.3 is 0 Å². The van der Waals surface area contributed by atoms with Crippen molar-refractivity contribution < 1.29 is 23.8 Å². The minimum Gasteiger partial charge on any atom is -0.507 e. The van der Waals surface area contributed by atoms with Crippen LogP contribution in [0.5, 0.6) is 17.2 Å². The summed E-state index contributed by atoms with van der Waals surface area (Å²) in [5.74, 6) is -0.313. The summed E-state index contributed by atoms with van der Waals surface area (Å²) in [5.41, 5.74) is 0.555. The number of carbonyl (C=O) groups is 1. The van der Waals surface area contributed by atoms with Gasteiger partial charge in [-0.2, -0.15) is 0 Å². The Labute approximate surface area is 143 Å². The molecule has 126 valence electrons. The maximum atomic E-state index is 13.9. The molecule has 0 aromatic heterocycles. The van der Waals surface area contributed by atoms with Gasteiger partial charge in [0.05, 0.1) is 11.6 Å². The molecule has 0 radical (unpaired) electrons. The quantitative estimate of drug-likeness (QED) is 0.891. The van der Waals surface area contributed by atoms with E-state index in [1.165, 1.54) is 25.1 Å². The number of ether oxygens (including phenoxy) is 2. The van der Waals surface area contributed by atoms with E-state index in [9.17, 15) is 14.3 Å². The van der Waals surface area contributed by atoms with Gasteiger partial charge in [0.15, 0.2) is 11.5 Å². The summed E-state index contributed by atoms with van der Waals surface area (Å²) < 4.78 is 25.3. The number of hydrogen-bond acceptors (Lipinski definition) is 4. The Morgan fingerprint density at radius 2 is 2.25 bits per heavy atom. The number of amides is 1. The van der Waals surface area contributed by atoms with E-state index >= 15 is 0 Å². The molecule has 2 N–H and O–H groups in total. The van der Waals surface area contributed by atoms with Crippen LogP contribution in [-0.4, -0.2) is 30.3 Å². The van der Waals surface area contributed by atoms with E-state index in [1.807, 2.05) is 0 Å². The largest absolute Gasteiger partial charge is 0.507 e. The topological polar surface area (TPSA) is 67.8 Å². The third-order valence-electron chi connectivity index (χ3n) is 3.57. The molecular weight excluding hydrogens is 337 g/mol. The standard InChI is InChI=1S/C17H15ClFNO4/c1-9(21)20-7-11-8-23-15-6-10(19)5-12(17(15)24-11)16-13(18)3-2-4-14(16)22/h2-6,11,22H,7-8H2,1H3,(H,20,21)/t11-/m0/s1. The molecule has 0 spiro atoms. The molecule has 5 nitrogen and oxygen atoms in total. The second-order valence-electron chi connectivity index (χ2n) is 5.40. The smallest absolute Gasteiger partial charge is 0.217 e. The fourth-order valence-corrected chi connectivity index (χ4v) is 2.78. The van der Waals surface area contributed by atoms with Gasteiger partial charge in [-0.1, -0.05) is 17.7 Å². The third kappa shape index (κ3) is 3.23. The number of aromatic hydroxyl groups is 1. The van der Waals surface area contributed by atoms with Crippen LogP contribution in [0, 0.1) is 5.82 Å². The number of benzene rings is 2. The fourth-order valence-electron chi connectivity index (χ4n) is 2.50. The van der Waals surface area contributed by atoms with Crippen LogP contribution in [0.1, 0.15) is 6.92 Å². The number of halogens is 2. The zero-order valence-corrected chi connectivity index (χ0v) is 13.6. The Hall–Kier alpha value is -2.47. The van der Waals surface area contributed by atoms with Gasteiger partial charge < -0.3 is 19.9 Å². The number of phenols is 1. The highest BCUT2D eigenvalue weighted by Gasteiger charge is 2.27. The van der Waals surface area contributed by atoms with Crippen LogP contribution in [0.3, 0.4) is 0 Å². The van der Waals surface area contributed by atoms with Gasteiger partial charge in [0.2, 0.25) is 5.91 Å². The molecule has 2 aromatic rings. The van der Waals surface area contributed by atoms with E-state index < -0.39 is 11.9 Å². The Morgan fingerprint density at radius 3 is 2.96 bits per heavy atom. The number of fused-ring (bicyclic) bond motifs is 1. The Morgan fingerprint density at radius 1 is 1.46 bits per heavy atom. The summed E-state index contributed by atoms with van der Waals surface area (Å²) in [7, 11) is 0. The van der Waals surface area contributed by atoms with Crippen LogP contribution in [-0.2, 0) is 4.79 Å². The molecule has 0 bridgehead atoms. The van der Waals surface area contributed by atoms with Crippen LogP contribution in [0.2, 0.25) is 5.02 Å². The van der Waals surface area contributed by atoms with E-state index in [-0.39, 0.29) is 46.9 Å². The molecular formula is C17H15ClFNO4. The number of phenolic OH excluding ortho intramolecular Hbond substituents is 1. The summed E-state index contributed by atoms with van der Waals surface area (Å²) >= 11 is 6.16. The second kappa shape index (κ2) is 6.57. The van der Waals surface area contributed by atoms with Gasteiger partial charge in [-0.3, -0.25) is 4.79 Å². The summed E-state index contributed by atoms with van der Waals surface area (Å²) in [6.07, 6.45) is -0.435. The lowest BCUT2D eigenvalue weighted by Gasteiger charge is -2.28. The molecule has 0 fully saturated rings. The number of rotatable bonds is 3. The molecule has 1 aliphatic rings. The average molecular weight is 352 g/mol. The summed E-state index contributed by atoms with van der Waals surface area (Å²) in [4.78, 5) is 11.0. The molecule has 24 heavy (non-hydrogen) atoms. The van der Waals surface area contributed by atoms with E-state index in [1.54, 1.807) is 12.1 Å². The van der Waals surface area contributed by atoms with E-state index in [2.05, 4.69) is 5.32 Å². The predicted molar refractivity (Wildman–Crippen MR) is 87.1 cm³/mol. The zero-order chi connectivity index (χ0) is 17.3. The van der Waals surface area contributed by atoms with Crippen molar-refractivity contribution in [2.24, 2.45) is 0 Å². The van der Waals surface area contributed by atoms with Gasteiger partial charge in [0.25, 0.3) is 0 Å². The van der Waals surface area contributed by atoms with Gasteiger partial charge in [0.1, 0.15) is 24.3 Å². The Bertz CT molecular complexity index is 776. The summed E-state index contributed by atoms with van der Waals surface area (Å²) in [6, 6.07) is 7.07. The first-order valence-corrected chi connectivity index (χ1v) is 7.69. The summed E-state index contributed by atoms with van der Waals surface area (Å²) in [6.45, 7) is 1.82. The van der Waals surface area contributed by atoms with Crippen molar-refractivity contribution in [3.8, 4) is 28.4 Å². The number of carbonyl (C=O) groups excluding carboxylic acids is 1. The SMILES string of the molecule is CC(=O)NC[C@H]1COc2cc(F)cc(-c3c(O)cccc3Cl)c2O1. The minimum absolute atomic E-state index is 0.0946. The maximum absolute atomic E-state index is 13.9. The van der Waals surface area contributed by atoms with Crippen molar-refractivity contribution in [3.63, 3.8) is 0 Å². The van der Waals surface area contributed by atoms with Crippen molar-refractivity contribution in [2.75, 3.05) is 13.2 Å². The molecule has 0 aliphatic carbocycles. The van der Waals surface area contributed by atoms with Crippen molar-refractivity contribution in [1.29, 1.82) is 0 Å². The van der Waals surface area contributed by atoms with E-state index in [0.717, 1.165) is 0 Å². The van der Waals surface area contributed by atoms with Crippen LogP contribution in [0.15, 0.2) is 30.3 Å². The molecule has 1 aliphatic heterocycles. The highest BCUT2D eigenvalue weighted by molar-refractivity contribution is 6.33. The van der Waals surface area contributed by atoms with Crippen LogP contribution >= 0.6 is 11.6 Å². The van der Waals surface area contributed by atoms with Gasteiger partial charge in [0, 0.05) is 24.1 Å². The molecule has 1 atom stereocenters. The predicted octanol–water partition coefficient (Wildman–Crippen LogP) is 3.13. The molecule has 3 rings (SSSR count). The lowest BCUT2D eigenvalue weighted by Crippen LogP contribution is -2.40. The zero-order valence-electron chi connectivity index (χ0n) is 12.8. The molecule has 0 unspecified atom stereocenters. The minimum atomic E-state index is -0.535. The molecule has 1 heterocycles. The summed E-state index contributed by atoms with van der Waals surface area (Å²) in [5, 5.41) is 13.0. The number of hydrogen-bond donors (Lipinski definition) is 2. The normalized spacial score (nSPS) is 15.9. The molecule has 2 aromatic carbocycles. The fraction of sp³-hybridized carbons (Fsp3) is 0.235. The van der Waals surface area contributed by atoms with E-state index in [4.69, 9.17) is 21.1 Å². The van der Waals surface area contributed by atoms with Gasteiger partial charge in [-0.05, 0) is 18.2 Å². The monoisotopic (exact) mass is 351 g/mol. The molecule has 0 saturated heterocycles. The first-order valence-electron chi connectivity index (χ1n) is 7.31. The maximum Gasteiger partial charge on any atom is 0.217 e. The molecule has 0 saturated carbocycles. The highest BCUT2D eigenvalue weighted by Crippen LogP contribution is 2.46. The van der Waals surface area contributed by atoms with Crippen LogP contribution in [0.25, 0.3) is 11.1 Å². The lowest BCUT2D eigenvalue weighted by atomic mass is 10.0. The first-order chi connectivity index (χ1) is 11.5. The van der Waals surface area contributed by atoms with Crippen molar-refractivity contribution in [2.45, 2.75) is 13.0 Å².